The standard InChI is InChI=1S/C23H35N5O4/c24-17(14-10-23(11-14)5-1-6-23)22(32)28-15-3-2-12(8-15)18(28)21(31)27-16(19(25)29)9-13-4-7-26-20(13)30/h12-18H,1-11,24H2,(H2,25,29)(H,26,30)(H,27,31)/t12-,13-,15+,16-,17?,18-/m0/s1. The summed E-state index contributed by atoms with van der Waals surface area (Å²) in [5.74, 6) is -1.29. The number of amides is 4. The van der Waals surface area contributed by atoms with E-state index in [1.54, 1.807) is 4.90 Å². The Kier molecular flexibility index (Phi) is 5.42. The Hall–Kier alpha value is -2.16. The zero-order valence-electron chi connectivity index (χ0n) is 18.6. The zero-order chi connectivity index (χ0) is 22.6. The van der Waals surface area contributed by atoms with Crippen molar-refractivity contribution in [3.63, 3.8) is 0 Å². The van der Waals surface area contributed by atoms with Crippen LogP contribution in [0.3, 0.4) is 0 Å². The van der Waals surface area contributed by atoms with Gasteiger partial charge in [0.05, 0.1) is 6.04 Å². The fourth-order valence-electron chi connectivity index (χ4n) is 7.07. The lowest BCUT2D eigenvalue weighted by Gasteiger charge is -2.56. The van der Waals surface area contributed by atoms with Gasteiger partial charge in [0.15, 0.2) is 0 Å². The Bertz CT molecular complexity index is 819. The van der Waals surface area contributed by atoms with E-state index in [2.05, 4.69) is 10.6 Å². The summed E-state index contributed by atoms with van der Waals surface area (Å²) in [7, 11) is 0. The number of fused-ring (bicyclic) bond motifs is 2. The molecule has 5 rings (SSSR count). The van der Waals surface area contributed by atoms with E-state index in [9.17, 15) is 19.2 Å². The molecule has 9 nitrogen and oxygen atoms in total. The predicted octanol–water partition coefficient (Wildman–Crippen LogP) is -0.230. The highest BCUT2D eigenvalue weighted by Crippen LogP contribution is 2.59. The third-order valence-corrected chi connectivity index (χ3v) is 9.05. The molecule has 2 bridgehead atoms. The van der Waals surface area contributed by atoms with Gasteiger partial charge in [0.25, 0.3) is 0 Å². The summed E-state index contributed by atoms with van der Waals surface area (Å²) in [5.41, 5.74) is 12.4. The largest absolute Gasteiger partial charge is 0.368 e. The first-order chi connectivity index (χ1) is 15.3. The molecule has 32 heavy (non-hydrogen) atoms. The number of nitrogens with two attached hydrogens (primary N) is 2. The van der Waals surface area contributed by atoms with Gasteiger partial charge in [0.2, 0.25) is 23.6 Å². The van der Waals surface area contributed by atoms with Crippen LogP contribution in [-0.4, -0.2) is 59.2 Å². The number of likely N-dealkylation sites (tertiary alicyclic amines) is 1. The maximum absolute atomic E-state index is 13.4. The van der Waals surface area contributed by atoms with Gasteiger partial charge in [-0.05, 0) is 75.0 Å². The molecule has 1 unspecified atom stereocenters. The first kappa shape index (κ1) is 21.7. The summed E-state index contributed by atoms with van der Waals surface area (Å²) in [5, 5.41) is 5.52. The minimum Gasteiger partial charge on any atom is -0.368 e. The minimum absolute atomic E-state index is 0.0414. The van der Waals surface area contributed by atoms with Crippen molar-refractivity contribution in [2.24, 2.45) is 34.6 Å². The highest BCUT2D eigenvalue weighted by molar-refractivity contribution is 5.94. The van der Waals surface area contributed by atoms with Crippen LogP contribution < -0.4 is 22.1 Å². The van der Waals surface area contributed by atoms with E-state index in [1.165, 1.54) is 19.3 Å². The van der Waals surface area contributed by atoms with Crippen molar-refractivity contribution in [1.29, 1.82) is 0 Å². The third kappa shape index (κ3) is 3.58. The lowest BCUT2D eigenvalue weighted by Crippen LogP contribution is -2.62. The maximum Gasteiger partial charge on any atom is 0.243 e. The van der Waals surface area contributed by atoms with Crippen LogP contribution >= 0.6 is 0 Å². The van der Waals surface area contributed by atoms with Gasteiger partial charge in [-0.1, -0.05) is 6.42 Å². The van der Waals surface area contributed by atoms with E-state index in [-0.39, 0.29) is 47.9 Å². The van der Waals surface area contributed by atoms with Crippen LogP contribution in [0.25, 0.3) is 0 Å². The van der Waals surface area contributed by atoms with Gasteiger partial charge < -0.3 is 27.0 Å². The molecular weight excluding hydrogens is 410 g/mol. The summed E-state index contributed by atoms with van der Waals surface area (Å²) in [6.07, 6.45) is 9.20. The molecule has 0 aromatic rings. The molecule has 6 N–H and O–H groups in total. The molecule has 3 saturated carbocycles. The number of hydrogen-bond donors (Lipinski definition) is 4. The van der Waals surface area contributed by atoms with Crippen LogP contribution in [0.15, 0.2) is 0 Å². The summed E-state index contributed by atoms with van der Waals surface area (Å²) in [4.78, 5) is 52.4. The second-order valence-corrected chi connectivity index (χ2v) is 10.9. The normalized spacial score (nSPS) is 34.5. The molecule has 1 spiro atoms. The van der Waals surface area contributed by atoms with E-state index < -0.39 is 24.0 Å². The Labute approximate surface area is 188 Å². The van der Waals surface area contributed by atoms with Crippen LogP contribution in [0.4, 0.5) is 0 Å². The molecule has 2 aliphatic heterocycles. The third-order valence-electron chi connectivity index (χ3n) is 9.05. The van der Waals surface area contributed by atoms with E-state index in [0.29, 0.717) is 18.4 Å². The monoisotopic (exact) mass is 445 g/mol. The molecule has 0 aromatic carbocycles. The molecular formula is C23H35N5O4. The molecule has 176 valence electrons. The molecule has 4 amide bonds. The van der Waals surface area contributed by atoms with Gasteiger partial charge in [-0.3, -0.25) is 19.2 Å². The van der Waals surface area contributed by atoms with Gasteiger partial charge in [-0.15, -0.1) is 0 Å². The van der Waals surface area contributed by atoms with Crippen LogP contribution in [0.1, 0.15) is 64.2 Å². The Morgan fingerprint density at radius 2 is 1.94 bits per heavy atom. The summed E-state index contributed by atoms with van der Waals surface area (Å²) in [6, 6.07) is -2.06. The predicted molar refractivity (Wildman–Crippen MR) is 116 cm³/mol. The number of carbonyl (C=O) groups is 4. The van der Waals surface area contributed by atoms with Crippen LogP contribution in [0.5, 0.6) is 0 Å². The molecule has 5 fully saturated rings. The SMILES string of the molecule is NC(=O)[C@H](C[C@@H]1CCNC1=O)NC(=O)[C@@H]1[C@H]2CC[C@H](C2)N1C(=O)C(N)C1CC2(CCC2)C1. The highest BCUT2D eigenvalue weighted by Gasteiger charge is 2.56. The molecule has 5 aliphatic rings. The van der Waals surface area contributed by atoms with Crippen molar-refractivity contribution in [2.75, 3.05) is 6.54 Å². The van der Waals surface area contributed by atoms with Crippen molar-refractivity contribution < 1.29 is 19.2 Å². The fourth-order valence-corrected chi connectivity index (χ4v) is 7.07. The van der Waals surface area contributed by atoms with Crippen molar-refractivity contribution in [1.82, 2.24) is 15.5 Å². The van der Waals surface area contributed by atoms with E-state index in [4.69, 9.17) is 11.5 Å². The molecule has 0 aromatic heterocycles. The van der Waals surface area contributed by atoms with Crippen molar-refractivity contribution in [3.05, 3.63) is 0 Å². The topological polar surface area (TPSA) is 148 Å². The lowest BCUT2D eigenvalue weighted by atomic mass is 9.50. The number of rotatable bonds is 7. The quantitative estimate of drug-likeness (QED) is 0.427. The van der Waals surface area contributed by atoms with Crippen LogP contribution in [-0.2, 0) is 19.2 Å². The number of hydrogen-bond acceptors (Lipinski definition) is 5. The number of nitrogens with zero attached hydrogens (tertiary/aromatic N) is 1. The fraction of sp³-hybridized carbons (Fsp3) is 0.826. The van der Waals surface area contributed by atoms with Gasteiger partial charge in [-0.25, -0.2) is 0 Å². The summed E-state index contributed by atoms with van der Waals surface area (Å²) < 4.78 is 0. The van der Waals surface area contributed by atoms with Gasteiger partial charge in [-0.2, -0.15) is 0 Å². The molecule has 0 radical (unpaired) electrons. The molecule has 3 aliphatic carbocycles. The van der Waals surface area contributed by atoms with Gasteiger partial charge in [0.1, 0.15) is 12.1 Å². The molecule has 2 heterocycles. The number of nitrogens with one attached hydrogen (secondary N) is 2. The van der Waals surface area contributed by atoms with E-state index in [1.807, 2.05) is 0 Å². The summed E-state index contributed by atoms with van der Waals surface area (Å²) in [6.45, 7) is 0.567. The van der Waals surface area contributed by atoms with Crippen LogP contribution in [0.2, 0.25) is 0 Å². The average molecular weight is 446 g/mol. The highest BCUT2D eigenvalue weighted by atomic mass is 16.2. The molecule has 9 heteroatoms. The molecule has 2 saturated heterocycles. The first-order valence-electron chi connectivity index (χ1n) is 12.2. The van der Waals surface area contributed by atoms with E-state index in [0.717, 1.165) is 32.1 Å². The van der Waals surface area contributed by atoms with Crippen LogP contribution in [0, 0.1) is 23.2 Å². The van der Waals surface area contributed by atoms with Gasteiger partial charge in [0, 0.05) is 18.5 Å². The maximum atomic E-state index is 13.4. The number of carbonyl (C=O) groups excluding carboxylic acids is 4. The lowest BCUT2D eigenvalue weighted by molar-refractivity contribution is -0.148. The Morgan fingerprint density at radius 1 is 1.19 bits per heavy atom. The second kappa shape index (κ2) is 8.01. The van der Waals surface area contributed by atoms with Gasteiger partial charge >= 0.3 is 0 Å². The minimum atomic E-state index is -0.925. The summed E-state index contributed by atoms with van der Waals surface area (Å²) >= 11 is 0. The number of piperidine rings is 1. The second-order valence-electron chi connectivity index (χ2n) is 10.9. The Morgan fingerprint density at radius 3 is 2.53 bits per heavy atom. The first-order valence-corrected chi connectivity index (χ1v) is 12.2. The number of primary amides is 1. The molecule has 6 atom stereocenters. The van der Waals surface area contributed by atoms with Crippen molar-refractivity contribution >= 4 is 23.6 Å². The smallest absolute Gasteiger partial charge is 0.243 e. The van der Waals surface area contributed by atoms with E-state index >= 15 is 0 Å². The zero-order valence-corrected chi connectivity index (χ0v) is 18.6. The Balaban J connectivity index is 1.25. The average Bonchev–Trinajstić information content (AvgIpc) is 3.40. The van der Waals surface area contributed by atoms with Crippen molar-refractivity contribution in [3.8, 4) is 0 Å². The van der Waals surface area contributed by atoms with Crippen molar-refractivity contribution in [2.45, 2.75) is 88.4 Å².